The molecule has 0 saturated heterocycles. The van der Waals surface area contributed by atoms with E-state index in [4.69, 9.17) is 5.11 Å². The van der Waals surface area contributed by atoms with Gasteiger partial charge in [-0.15, -0.1) is 0 Å². The number of aliphatic hydroxyl groups is 1. The molecule has 0 fully saturated rings. The molecule has 0 aliphatic carbocycles. The van der Waals surface area contributed by atoms with E-state index in [1.54, 1.807) is 6.20 Å². The number of hydrogen-bond donors (Lipinski definition) is 1. The number of esters is 1. The van der Waals surface area contributed by atoms with Crippen LogP contribution in [0.3, 0.4) is 0 Å². The summed E-state index contributed by atoms with van der Waals surface area (Å²) in [6, 6.07) is 0. The van der Waals surface area contributed by atoms with Gasteiger partial charge in [-0.2, -0.15) is 0 Å². The first-order chi connectivity index (χ1) is 5.77. The second-order valence-corrected chi connectivity index (χ2v) is 2.21. The fourth-order valence-electron chi connectivity index (χ4n) is 0.839. The third-order valence-electron chi connectivity index (χ3n) is 1.47. The monoisotopic (exact) mass is 170 g/mol. The maximum atomic E-state index is 10.8. The minimum absolute atomic E-state index is 0.0897. The van der Waals surface area contributed by atoms with E-state index in [-0.39, 0.29) is 19.1 Å². The molecule has 12 heavy (non-hydrogen) atoms. The van der Waals surface area contributed by atoms with Crippen molar-refractivity contribution in [3.05, 3.63) is 18.2 Å². The Morgan fingerprint density at radius 1 is 1.83 bits per heavy atom. The van der Waals surface area contributed by atoms with Crippen LogP contribution in [0.25, 0.3) is 0 Å². The molecule has 66 valence electrons. The fourth-order valence-corrected chi connectivity index (χ4v) is 0.839. The zero-order chi connectivity index (χ0) is 8.97. The van der Waals surface area contributed by atoms with Gasteiger partial charge in [-0.1, -0.05) is 0 Å². The van der Waals surface area contributed by atoms with Gasteiger partial charge in [-0.05, 0) is 0 Å². The van der Waals surface area contributed by atoms with E-state index in [1.165, 1.54) is 17.9 Å². The van der Waals surface area contributed by atoms with Gasteiger partial charge in [0.15, 0.2) is 0 Å². The highest BCUT2D eigenvalue weighted by Crippen LogP contribution is 1.97. The van der Waals surface area contributed by atoms with E-state index < -0.39 is 0 Å². The predicted molar refractivity (Wildman–Crippen MR) is 40.2 cm³/mol. The van der Waals surface area contributed by atoms with Crippen LogP contribution < -0.4 is 0 Å². The number of nitrogens with zero attached hydrogens (tertiary/aromatic N) is 2. The number of carbonyl (C=O) groups excluding carboxylic acids is 1. The third-order valence-corrected chi connectivity index (χ3v) is 1.47. The van der Waals surface area contributed by atoms with Crippen LogP contribution in [0.15, 0.2) is 12.4 Å². The largest absolute Gasteiger partial charge is 0.468 e. The SMILES string of the molecule is COC(=O)Cn1ccnc1CO. The highest BCUT2D eigenvalue weighted by Gasteiger charge is 2.05. The summed E-state index contributed by atoms with van der Waals surface area (Å²) in [5.74, 6) is 0.100. The lowest BCUT2D eigenvalue weighted by Crippen LogP contribution is -2.13. The van der Waals surface area contributed by atoms with Crippen molar-refractivity contribution < 1.29 is 14.6 Å². The van der Waals surface area contributed by atoms with Crippen LogP contribution in [0.5, 0.6) is 0 Å². The van der Waals surface area contributed by atoms with Crippen LogP contribution in [-0.4, -0.2) is 27.7 Å². The van der Waals surface area contributed by atoms with E-state index in [1.807, 2.05) is 0 Å². The summed E-state index contributed by atoms with van der Waals surface area (Å²) in [5.41, 5.74) is 0. The van der Waals surface area contributed by atoms with Crippen LogP contribution in [0.4, 0.5) is 0 Å². The maximum absolute atomic E-state index is 10.8. The normalized spacial score (nSPS) is 9.83. The quantitative estimate of drug-likeness (QED) is 0.624. The van der Waals surface area contributed by atoms with E-state index in [0.717, 1.165) is 0 Å². The number of ether oxygens (including phenoxy) is 1. The molecule has 1 rings (SSSR count). The lowest BCUT2D eigenvalue weighted by Gasteiger charge is -2.02. The van der Waals surface area contributed by atoms with E-state index in [2.05, 4.69) is 9.72 Å². The van der Waals surface area contributed by atoms with E-state index in [0.29, 0.717) is 5.82 Å². The Kier molecular flexibility index (Phi) is 2.82. The van der Waals surface area contributed by atoms with Crippen LogP contribution in [0.1, 0.15) is 5.82 Å². The average molecular weight is 170 g/mol. The molecule has 0 radical (unpaired) electrons. The van der Waals surface area contributed by atoms with E-state index in [9.17, 15) is 4.79 Å². The molecular weight excluding hydrogens is 160 g/mol. The van der Waals surface area contributed by atoms with Crippen LogP contribution in [0.2, 0.25) is 0 Å². The highest BCUT2D eigenvalue weighted by molar-refractivity contribution is 5.68. The molecule has 1 aromatic rings. The molecule has 1 N–H and O–H groups in total. The van der Waals surface area contributed by atoms with Gasteiger partial charge in [0.1, 0.15) is 19.0 Å². The second-order valence-electron chi connectivity index (χ2n) is 2.21. The Hall–Kier alpha value is -1.36. The molecule has 0 aliphatic rings. The number of aliphatic hydroxyl groups excluding tert-OH is 1. The molecule has 0 amide bonds. The molecule has 0 aromatic carbocycles. The number of methoxy groups -OCH3 is 1. The summed E-state index contributed by atoms with van der Waals surface area (Å²) < 4.78 is 5.99. The zero-order valence-electron chi connectivity index (χ0n) is 6.73. The van der Waals surface area contributed by atoms with Crippen LogP contribution in [0, 0.1) is 0 Å². The number of aromatic nitrogens is 2. The first kappa shape index (κ1) is 8.73. The molecule has 0 saturated carbocycles. The molecule has 0 unspecified atom stereocenters. The van der Waals surface area contributed by atoms with Crippen molar-refractivity contribution in [2.24, 2.45) is 0 Å². The molecule has 5 nitrogen and oxygen atoms in total. The predicted octanol–water partition coefficient (Wildman–Crippen LogP) is -0.452. The minimum Gasteiger partial charge on any atom is -0.468 e. The number of imidazole rings is 1. The molecule has 0 spiro atoms. The van der Waals surface area contributed by atoms with E-state index >= 15 is 0 Å². The van der Waals surface area contributed by atoms with Crippen molar-refractivity contribution in [2.45, 2.75) is 13.2 Å². The van der Waals surface area contributed by atoms with Crippen molar-refractivity contribution in [1.29, 1.82) is 0 Å². The van der Waals surface area contributed by atoms with Gasteiger partial charge in [0.2, 0.25) is 0 Å². The molecule has 0 aliphatic heterocycles. The van der Waals surface area contributed by atoms with Crippen LogP contribution >= 0.6 is 0 Å². The smallest absolute Gasteiger partial charge is 0.325 e. The summed E-state index contributed by atoms with van der Waals surface area (Å²) in [5, 5.41) is 8.76. The lowest BCUT2D eigenvalue weighted by atomic mass is 10.5. The van der Waals surface area contributed by atoms with Gasteiger partial charge < -0.3 is 14.4 Å². The average Bonchev–Trinajstić information content (AvgIpc) is 2.51. The van der Waals surface area contributed by atoms with Gasteiger partial charge in [0.25, 0.3) is 0 Å². The van der Waals surface area contributed by atoms with Crippen molar-refractivity contribution >= 4 is 5.97 Å². The van der Waals surface area contributed by atoms with Gasteiger partial charge >= 0.3 is 5.97 Å². The summed E-state index contributed by atoms with van der Waals surface area (Å²) in [7, 11) is 1.32. The number of hydrogen-bond acceptors (Lipinski definition) is 4. The van der Waals surface area contributed by atoms with Gasteiger partial charge in [0, 0.05) is 12.4 Å². The fraction of sp³-hybridized carbons (Fsp3) is 0.429. The Bertz CT molecular complexity index is 269. The summed E-state index contributed by atoms with van der Waals surface area (Å²) in [6.45, 7) is -0.0869. The second kappa shape index (κ2) is 3.87. The summed E-state index contributed by atoms with van der Waals surface area (Å²) in [4.78, 5) is 14.6. The Balaban J connectivity index is 2.68. The number of carbonyl (C=O) groups is 1. The lowest BCUT2D eigenvalue weighted by molar-refractivity contribution is -0.141. The van der Waals surface area contributed by atoms with Crippen molar-refractivity contribution in [3.8, 4) is 0 Å². The van der Waals surface area contributed by atoms with Gasteiger partial charge in [-0.25, -0.2) is 4.98 Å². The summed E-state index contributed by atoms with van der Waals surface area (Å²) >= 11 is 0. The minimum atomic E-state index is -0.359. The molecule has 1 aromatic heterocycles. The zero-order valence-corrected chi connectivity index (χ0v) is 6.73. The topological polar surface area (TPSA) is 64.4 Å². The van der Waals surface area contributed by atoms with Gasteiger partial charge in [-0.3, -0.25) is 4.79 Å². The van der Waals surface area contributed by atoms with Crippen molar-refractivity contribution in [3.63, 3.8) is 0 Å². The van der Waals surface area contributed by atoms with Crippen molar-refractivity contribution in [2.75, 3.05) is 7.11 Å². The Labute approximate surface area is 69.6 Å². The van der Waals surface area contributed by atoms with Gasteiger partial charge in [0.05, 0.1) is 7.11 Å². The first-order valence-electron chi connectivity index (χ1n) is 3.45. The summed E-state index contributed by atoms with van der Waals surface area (Å²) in [6.07, 6.45) is 3.14. The highest BCUT2D eigenvalue weighted by atomic mass is 16.5. The third kappa shape index (κ3) is 1.82. The standard InChI is InChI=1S/C7H10N2O3/c1-12-7(11)4-9-3-2-8-6(9)5-10/h2-3,10H,4-5H2,1H3. The van der Waals surface area contributed by atoms with Crippen molar-refractivity contribution in [1.82, 2.24) is 9.55 Å². The molecule has 1 heterocycles. The molecule has 0 bridgehead atoms. The Morgan fingerprint density at radius 3 is 3.17 bits per heavy atom. The molecule has 5 heteroatoms. The molecule has 0 atom stereocenters. The Morgan fingerprint density at radius 2 is 2.58 bits per heavy atom. The maximum Gasteiger partial charge on any atom is 0.325 e. The number of rotatable bonds is 3. The first-order valence-corrected chi connectivity index (χ1v) is 3.45. The van der Waals surface area contributed by atoms with Crippen LogP contribution in [-0.2, 0) is 22.7 Å². The molecular formula is C7H10N2O3.